The molecule has 2 amide bonds. The van der Waals surface area contributed by atoms with Gasteiger partial charge in [-0.05, 0) is 42.3 Å². The topological polar surface area (TPSA) is 58.2 Å². The molecule has 2 aromatic carbocycles. The fourth-order valence-corrected chi connectivity index (χ4v) is 2.27. The van der Waals surface area contributed by atoms with Crippen molar-refractivity contribution in [2.24, 2.45) is 0 Å². The van der Waals surface area contributed by atoms with Gasteiger partial charge < -0.3 is 10.6 Å². The molecule has 2 aromatic rings. The number of amides is 2. The summed E-state index contributed by atoms with van der Waals surface area (Å²) in [5.41, 5.74) is 1.50. The first kappa shape index (κ1) is 17.3. The van der Waals surface area contributed by atoms with Gasteiger partial charge in [0.2, 0.25) is 5.91 Å². The molecule has 0 spiro atoms. The Balaban J connectivity index is 1.70. The third kappa shape index (κ3) is 5.93. The highest BCUT2D eigenvalue weighted by Crippen LogP contribution is 2.10. The first-order valence-corrected chi connectivity index (χ1v) is 7.85. The predicted molar refractivity (Wildman–Crippen MR) is 92.0 cm³/mol. The van der Waals surface area contributed by atoms with Crippen molar-refractivity contribution in [3.63, 3.8) is 0 Å². The van der Waals surface area contributed by atoms with Crippen molar-refractivity contribution in [1.29, 1.82) is 0 Å². The van der Waals surface area contributed by atoms with Crippen LogP contribution >= 0.6 is 23.2 Å². The zero-order chi connectivity index (χ0) is 16.7. The summed E-state index contributed by atoms with van der Waals surface area (Å²) in [4.78, 5) is 23.6. The molecule has 0 unspecified atom stereocenters. The van der Waals surface area contributed by atoms with Crippen molar-refractivity contribution in [1.82, 2.24) is 10.6 Å². The fraction of sp³-hybridized carbons (Fsp3) is 0.176. The quantitative estimate of drug-likeness (QED) is 0.840. The van der Waals surface area contributed by atoms with Crippen molar-refractivity contribution >= 4 is 35.0 Å². The maximum Gasteiger partial charge on any atom is 0.251 e. The molecule has 0 atom stereocenters. The molecule has 0 radical (unpaired) electrons. The van der Waals surface area contributed by atoms with Crippen LogP contribution in [0.4, 0.5) is 0 Å². The van der Waals surface area contributed by atoms with Crippen LogP contribution in [0.1, 0.15) is 15.9 Å². The highest BCUT2D eigenvalue weighted by Gasteiger charge is 2.08. The Morgan fingerprint density at radius 3 is 2.35 bits per heavy atom. The van der Waals surface area contributed by atoms with E-state index in [1.165, 1.54) is 0 Å². The Morgan fingerprint density at radius 1 is 0.913 bits per heavy atom. The van der Waals surface area contributed by atoms with Gasteiger partial charge in [-0.25, -0.2) is 0 Å². The van der Waals surface area contributed by atoms with E-state index in [1.807, 2.05) is 24.3 Å². The second-order valence-corrected chi connectivity index (χ2v) is 5.79. The van der Waals surface area contributed by atoms with Crippen LogP contribution in [-0.2, 0) is 11.2 Å². The average molecular weight is 351 g/mol. The zero-order valence-corrected chi connectivity index (χ0v) is 13.8. The molecule has 0 aliphatic carbocycles. The minimum absolute atomic E-state index is 0.0774. The Hall–Kier alpha value is -2.04. The third-order valence-electron chi connectivity index (χ3n) is 3.15. The summed E-state index contributed by atoms with van der Waals surface area (Å²) in [5.74, 6) is -0.574. The van der Waals surface area contributed by atoms with Gasteiger partial charge in [0.15, 0.2) is 0 Å². The Labute approximate surface area is 144 Å². The molecule has 6 heteroatoms. The standard InChI is InChI=1S/C17H16Cl2N2O2/c18-14-6-4-12(5-7-14)8-9-20-16(22)11-21-17(23)13-2-1-3-15(19)10-13/h1-7,10H,8-9,11H2,(H,20,22)(H,21,23). The second-order valence-electron chi connectivity index (χ2n) is 4.92. The number of carbonyl (C=O) groups excluding carboxylic acids is 2. The van der Waals surface area contributed by atoms with Gasteiger partial charge in [0, 0.05) is 22.2 Å². The predicted octanol–water partition coefficient (Wildman–Crippen LogP) is 3.08. The van der Waals surface area contributed by atoms with Crippen molar-refractivity contribution in [2.75, 3.05) is 13.1 Å². The van der Waals surface area contributed by atoms with Crippen LogP contribution in [0.5, 0.6) is 0 Å². The summed E-state index contributed by atoms with van der Waals surface area (Å²) in [6.07, 6.45) is 0.700. The molecule has 0 fully saturated rings. The van der Waals surface area contributed by atoms with E-state index in [9.17, 15) is 9.59 Å². The van der Waals surface area contributed by atoms with Crippen LogP contribution in [0, 0.1) is 0 Å². The number of rotatable bonds is 6. The SMILES string of the molecule is O=C(CNC(=O)c1cccc(Cl)c1)NCCc1ccc(Cl)cc1. The van der Waals surface area contributed by atoms with Crippen LogP contribution in [0.25, 0.3) is 0 Å². The Bertz CT molecular complexity index is 687. The molecule has 0 saturated heterocycles. The maximum absolute atomic E-state index is 11.9. The van der Waals surface area contributed by atoms with Crippen LogP contribution in [0.15, 0.2) is 48.5 Å². The molecule has 23 heavy (non-hydrogen) atoms. The van der Waals surface area contributed by atoms with Gasteiger partial charge in [-0.1, -0.05) is 41.4 Å². The van der Waals surface area contributed by atoms with Gasteiger partial charge in [0.05, 0.1) is 6.54 Å². The lowest BCUT2D eigenvalue weighted by molar-refractivity contribution is -0.120. The van der Waals surface area contributed by atoms with E-state index in [2.05, 4.69) is 10.6 Å². The average Bonchev–Trinajstić information content (AvgIpc) is 2.54. The molecular formula is C17H16Cl2N2O2. The summed E-state index contributed by atoms with van der Waals surface area (Å²) in [7, 11) is 0. The maximum atomic E-state index is 11.9. The molecule has 0 saturated carbocycles. The smallest absolute Gasteiger partial charge is 0.251 e. The lowest BCUT2D eigenvalue weighted by atomic mass is 10.1. The van der Waals surface area contributed by atoms with Crippen LogP contribution in [-0.4, -0.2) is 24.9 Å². The van der Waals surface area contributed by atoms with Gasteiger partial charge in [-0.15, -0.1) is 0 Å². The Kier molecular flexibility index (Phi) is 6.44. The number of hydrogen-bond donors (Lipinski definition) is 2. The van der Waals surface area contributed by atoms with Crippen molar-refractivity contribution in [3.05, 3.63) is 69.7 Å². The fourth-order valence-electron chi connectivity index (χ4n) is 1.95. The minimum atomic E-state index is -0.333. The largest absolute Gasteiger partial charge is 0.354 e. The molecule has 2 rings (SSSR count). The lowest BCUT2D eigenvalue weighted by Gasteiger charge is -2.07. The van der Waals surface area contributed by atoms with E-state index < -0.39 is 0 Å². The van der Waals surface area contributed by atoms with E-state index in [-0.39, 0.29) is 18.4 Å². The van der Waals surface area contributed by atoms with Crippen LogP contribution in [0.3, 0.4) is 0 Å². The molecular weight excluding hydrogens is 335 g/mol. The van der Waals surface area contributed by atoms with E-state index in [0.29, 0.717) is 28.6 Å². The molecule has 0 aromatic heterocycles. The first-order chi connectivity index (χ1) is 11.0. The summed E-state index contributed by atoms with van der Waals surface area (Å²) < 4.78 is 0. The number of nitrogens with one attached hydrogen (secondary N) is 2. The number of benzene rings is 2. The zero-order valence-electron chi connectivity index (χ0n) is 12.3. The molecule has 0 bridgehead atoms. The highest BCUT2D eigenvalue weighted by atomic mass is 35.5. The van der Waals surface area contributed by atoms with E-state index in [0.717, 1.165) is 5.56 Å². The first-order valence-electron chi connectivity index (χ1n) is 7.09. The lowest BCUT2D eigenvalue weighted by Crippen LogP contribution is -2.37. The van der Waals surface area contributed by atoms with Gasteiger partial charge in [-0.2, -0.15) is 0 Å². The second kappa shape index (κ2) is 8.56. The summed E-state index contributed by atoms with van der Waals surface area (Å²) >= 11 is 11.6. The van der Waals surface area contributed by atoms with Gasteiger partial charge in [-0.3, -0.25) is 9.59 Å². The third-order valence-corrected chi connectivity index (χ3v) is 3.63. The van der Waals surface area contributed by atoms with Crippen LogP contribution < -0.4 is 10.6 Å². The molecule has 0 aliphatic heterocycles. The van der Waals surface area contributed by atoms with Crippen LogP contribution in [0.2, 0.25) is 10.0 Å². The van der Waals surface area contributed by atoms with Gasteiger partial charge >= 0.3 is 0 Å². The van der Waals surface area contributed by atoms with E-state index >= 15 is 0 Å². The summed E-state index contributed by atoms with van der Waals surface area (Å²) in [5, 5.41) is 6.47. The monoisotopic (exact) mass is 350 g/mol. The number of carbonyl (C=O) groups is 2. The highest BCUT2D eigenvalue weighted by molar-refractivity contribution is 6.31. The van der Waals surface area contributed by atoms with E-state index in [4.69, 9.17) is 23.2 Å². The van der Waals surface area contributed by atoms with Crippen molar-refractivity contribution in [3.8, 4) is 0 Å². The van der Waals surface area contributed by atoms with Gasteiger partial charge in [0.1, 0.15) is 0 Å². The number of hydrogen-bond acceptors (Lipinski definition) is 2. The normalized spacial score (nSPS) is 10.2. The summed E-state index contributed by atoms with van der Waals surface area (Å²) in [6.45, 7) is 0.416. The molecule has 0 heterocycles. The molecule has 4 nitrogen and oxygen atoms in total. The number of halogens is 2. The summed E-state index contributed by atoms with van der Waals surface area (Å²) in [6, 6.07) is 14.0. The molecule has 2 N–H and O–H groups in total. The van der Waals surface area contributed by atoms with Crippen molar-refractivity contribution in [2.45, 2.75) is 6.42 Å². The minimum Gasteiger partial charge on any atom is -0.354 e. The Morgan fingerprint density at radius 2 is 1.65 bits per heavy atom. The molecule has 120 valence electrons. The van der Waals surface area contributed by atoms with E-state index in [1.54, 1.807) is 24.3 Å². The van der Waals surface area contributed by atoms with Crippen molar-refractivity contribution < 1.29 is 9.59 Å². The molecule has 0 aliphatic rings. The van der Waals surface area contributed by atoms with Gasteiger partial charge in [0.25, 0.3) is 5.91 Å².